The van der Waals surface area contributed by atoms with E-state index in [-0.39, 0.29) is 24.6 Å². The van der Waals surface area contributed by atoms with Crippen molar-refractivity contribution in [2.24, 2.45) is 5.73 Å². The number of hydrogen-bond donors (Lipinski definition) is 2. The van der Waals surface area contributed by atoms with Gasteiger partial charge in [-0.2, -0.15) is 26.3 Å². The largest absolute Gasteiger partial charge is 0.416 e. The van der Waals surface area contributed by atoms with Gasteiger partial charge in [0.1, 0.15) is 6.04 Å². The first kappa shape index (κ1) is 23.0. The lowest BCUT2D eigenvalue weighted by Gasteiger charge is -2.18. The van der Waals surface area contributed by atoms with Gasteiger partial charge in [-0.15, -0.1) is 0 Å². The van der Waals surface area contributed by atoms with Crippen LogP contribution in [0.25, 0.3) is 0 Å². The third-order valence-corrected chi connectivity index (χ3v) is 4.93. The molecule has 4 nitrogen and oxygen atoms in total. The fraction of sp³-hybridized carbons (Fsp3) is 0.222. The molecular weight excluding hydrogens is 517 g/mol. The van der Waals surface area contributed by atoms with E-state index in [0.29, 0.717) is 5.56 Å². The van der Waals surface area contributed by atoms with Crippen LogP contribution in [-0.4, -0.2) is 17.9 Å². The van der Waals surface area contributed by atoms with E-state index < -0.39 is 46.9 Å². The zero-order chi connectivity index (χ0) is 22.0. The molecular formula is C18H13F6IN2O2. The number of nitrogens with one attached hydrogen (secondary N) is 1. The Morgan fingerprint density at radius 3 is 1.93 bits per heavy atom. The fourth-order valence-electron chi connectivity index (χ4n) is 2.43. The summed E-state index contributed by atoms with van der Waals surface area (Å²) in [6, 6.07) is 5.92. The van der Waals surface area contributed by atoms with Crippen molar-refractivity contribution >= 4 is 34.4 Å². The van der Waals surface area contributed by atoms with Crippen LogP contribution in [0.2, 0.25) is 0 Å². The van der Waals surface area contributed by atoms with Crippen LogP contribution < -0.4 is 11.1 Å². The Kier molecular flexibility index (Phi) is 6.81. The van der Waals surface area contributed by atoms with Gasteiger partial charge in [0.2, 0.25) is 5.91 Å². The number of rotatable bonds is 5. The number of primary amides is 1. The van der Waals surface area contributed by atoms with Gasteiger partial charge >= 0.3 is 12.4 Å². The van der Waals surface area contributed by atoms with Crippen molar-refractivity contribution in [3.05, 3.63) is 68.3 Å². The van der Waals surface area contributed by atoms with E-state index in [1.807, 2.05) is 22.6 Å². The second kappa shape index (κ2) is 8.59. The van der Waals surface area contributed by atoms with Crippen LogP contribution in [0.1, 0.15) is 27.0 Å². The summed E-state index contributed by atoms with van der Waals surface area (Å²) >= 11 is 1.97. The molecule has 0 heterocycles. The molecule has 0 aliphatic heterocycles. The first-order chi connectivity index (χ1) is 13.3. The van der Waals surface area contributed by atoms with Crippen LogP contribution >= 0.6 is 22.6 Å². The Balaban J connectivity index is 2.36. The molecule has 29 heavy (non-hydrogen) atoms. The number of halogens is 7. The molecule has 2 amide bonds. The van der Waals surface area contributed by atoms with E-state index in [2.05, 4.69) is 5.32 Å². The summed E-state index contributed by atoms with van der Waals surface area (Å²) in [5, 5.41) is 2.11. The molecule has 156 valence electrons. The molecule has 0 aliphatic carbocycles. The molecule has 0 aliphatic rings. The monoisotopic (exact) mass is 530 g/mol. The average Bonchev–Trinajstić information content (AvgIpc) is 2.60. The average molecular weight is 530 g/mol. The van der Waals surface area contributed by atoms with Crippen molar-refractivity contribution in [3.63, 3.8) is 0 Å². The SMILES string of the molecule is NC(=O)[C@H](Cc1ccccc1I)NC(=O)c1cc(C(F)(F)F)cc(C(F)(F)F)c1. The minimum atomic E-state index is -5.10. The third kappa shape index (κ3) is 6.08. The van der Waals surface area contributed by atoms with Crippen LogP contribution in [0.15, 0.2) is 42.5 Å². The van der Waals surface area contributed by atoms with Crippen molar-refractivity contribution in [3.8, 4) is 0 Å². The number of carbonyl (C=O) groups is 2. The molecule has 0 saturated carbocycles. The summed E-state index contributed by atoms with van der Waals surface area (Å²) in [7, 11) is 0. The molecule has 2 rings (SSSR count). The van der Waals surface area contributed by atoms with Gasteiger partial charge in [-0.1, -0.05) is 18.2 Å². The van der Waals surface area contributed by atoms with Gasteiger partial charge in [-0.05, 0) is 52.4 Å². The van der Waals surface area contributed by atoms with Crippen LogP contribution in [0.5, 0.6) is 0 Å². The Morgan fingerprint density at radius 1 is 0.966 bits per heavy atom. The second-order valence-electron chi connectivity index (χ2n) is 6.02. The molecule has 0 aromatic heterocycles. The summed E-state index contributed by atoms with van der Waals surface area (Å²) in [5.41, 5.74) is 1.71. The quantitative estimate of drug-likeness (QED) is 0.451. The number of hydrogen-bond acceptors (Lipinski definition) is 2. The summed E-state index contributed by atoms with van der Waals surface area (Å²) in [6.45, 7) is 0. The maximum absolute atomic E-state index is 12.9. The van der Waals surface area contributed by atoms with Crippen LogP contribution in [0, 0.1) is 3.57 Å². The number of nitrogens with two attached hydrogens (primary N) is 1. The van der Waals surface area contributed by atoms with Gasteiger partial charge < -0.3 is 11.1 Å². The Hall–Kier alpha value is -2.31. The molecule has 1 atom stereocenters. The number of carbonyl (C=O) groups excluding carboxylic acids is 2. The van der Waals surface area contributed by atoms with E-state index in [9.17, 15) is 35.9 Å². The minimum Gasteiger partial charge on any atom is -0.368 e. The summed E-state index contributed by atoms with van der Waals surface area (Å²) in [4.78, 5) is 24.0. The minimum absolute atomic E-state index is 0.0781. The molecule has 11 heteroatoms. The lowest BCUT2D eigenvalue weighted by atomic mass is 10.0. The van der Waals surface area contributed by atoms with E-state index in [0.717, 1.165) is 3.57 Å². The molecule has 0 radical (unpaired) electrons. The van der Waals surface area contributed by atoms with E-state index in [1.54, 1.807) is 24.3 Å². The van der Waals surface area contributed by atoms with Gasteiger partial charge in [-0.25, -0.2) is 0 Å². The maximum atomic E-state index is 12.9. The highest BCUT2D eigenvalue weighted by atomic mass is 127. The lowest BCUT2D eigenvalue weighted by Crippen LogP contribution is -2.46. The lowest BCUT2D eigenvalue weighted by molar-refractivity contribution is -0.143. The molecule has 0 unspecified atom stereocenters. The van der Waals surface area contributed by atoms with Crippen molar-refractivity contribution in [1.29, 1.82) is 0 Å². The van der Waals surface area contributed by atoms with Crippen molar-refractivity contribution in [1.82, 2.24) is 5.32 Å². The molecule has 3 N–H and O–H groups in total. The fourth-order valence-corrected chi connectivity index (χ4v) is 3.04. The molecule has 2 aromatic carbocycles. The first-order valence-electron chi connectivity index (χ1n) is 7.92. The zero-order valence-electron chi connectivity index (χ0n) is 14.4. The van der Waals surface area contributed by atoms with Gasteiger partial charge in [0.25, 0.3) is 5.91 Å². The number of amides is 2. The highest BCUT2D eigenvalue weighted by Gasteiger charge is 2.37. The van der Waals surface area contributed by atoms with Crippen LogP contribution in [-0.2, 0) is 23.6 Å². The number of benzene rings is 2. The number of alkyl halides is 6. The highest BCUT2D eigenvalue weighted by Crippen LogP contribution is 2.36. The molecule has 0 bridgehead atoms. The molecule has 0 fully saturated rings. The van der Waals surface area contributed by atoms with Crippen molar-refractivity contribution in [2.75, 3.05) is 0 Å². The van der Waals surface area contributed by atoms with Gasteiger partial charge in [-0.3, -0.25) is 9.59 Å². The predicted molar refractivity (Wildman–Crippen MR) is 99.8 cm³/mol. The summed E-state index contributed by atoms with van der Waals surface area (Å²) < 4.78 is 78.4. The standard InChI is InChI=1S/C18H13F6IN2O2/c19-17(20,21)11-5-10(6-12(8-11)18(22,23)24)16(29)27-14(15(26)28)7-9-3-1-2-4-13(9)25/h1-6,8,14H,7H2,(H2,26,28)(H,27,29)/t14-/m0/s1. The normalized spacial score (nSPS) is 13.1. The smallest absolute Gasteiger partial charge is 0.368 e. The Morgan fingerprint density at radius 2 is 1.48 bits per heavy atom. The van der Waals surface area contributed by atoms with Crippen molar-refractivity contribution in [2.45, 2.75) is 24.8 Å². The maximum Gasteiger partial charge on any atom is 0.416 e. The summed E-state index contributed by atoms with van der Waals surface area (Å²) in [5.74, 6) is -2.27. The Labute approximate surface area is 174 Å². The third-order valence-electron chi connectivity index (χ3n) is 3.88. The van der Waals surface area contributed by atoms with E-state index >= 15 is 0 Å². The highest BCUT2D eigenvalue weighted by molar-refractivity contribution is 14.1. The van der Waals surface area contributed by atoms with E-state index in [4.69, 9.17) is 5.73 Å². The molecule has 2 aromatic rings. The zero-order valence-corrected chi connectivity index (χ0v) is 16.5. The van der Waals surface area contributed by atoms with Gasteiger partial charge in [0.05, 0.1) is 11.1 Å². The molecule has 0 saturated heterocycles. The van der Waals surface area contributed by atoms with Crippen molar-refractivity contribution < 1.29 is 35.9 Å². The van der Waals surface area contributed by atoms with Crippen LogP contribution in [0.4, 0.5) is 26.3 Å². The predicted octanol–water partition coefficient (Wildman–Crippen LogP) is 4.16. The second-order valence-corrected chi connectivity index (χ2v) is 7.18. The van der Waals surface area contributed by atoms with Gasteiger partial charge in [0.15, 0.2) is 0 Å². The first-order valence-corrected chi connectivity index (χ1v) is 9.00. The van der Waals surface area contributed by atoms with E-state index in [1.165, 1.54) is 0 Å². The van der Waals surface area contributed by atoms with Crippen LogP contribution in [0.3, 0.4) is 0 Å². The topological polar surface area (TPSA) is 72.2 Å². The molecule has 0 spiro atoms. The Bertz CT molecular complexity index is 895. The van der Waals surface area contributed by atoms with Gasteiger partial charge in [0, 0.05) is 15.6 Å². The summed E-state index contributed by atoms with van der Waals surface area (Å²) in [6.07, 6.45) is -10.3.